The monoisotopic (exact) mass is 266 g/mol. The zero-order valence-corrected chi connectivity index (χ0v) is 11.0. The van der Waals surface area contributed by atoms with Crippen molar-refractivity contribution >= 4 is 5.91 Å². The first-order valence-electron chi connectivity index (χ1n) is 6.59. The molecule has 104 valence electrons. The van der Waals surface area contributed by atoms with Crippen molar-refractivity contribution in [3.8, 4) is 0 Å². The average molecular weight is 266 g/mol. The van der Waals surface area contributed by atoms with Crippen molar-refractivity contribution in [2.24, 2.45) is 5.41 Å². The van der Waals surface area contributed by atoms with Crippen LogP contribution in [0.4, 0.5) is 4.39 Å². The predicted octanol–water partition coefficient (Wildman–Crippen LogP) is 1.89. The van der Waals surface area contributed by atoms with Gasteiger partial charge in [-0.25, -0.2) is 4.39 Å². The molecule has 0 aromatic carbocycles. The molecule has 1 aliphatic carbocycles. The van der Waals surface area contributed by atoms with Gasteiger partial charge in [-0.15, -0.1) is 0 Å². The Labute approximate surface area is 112 Å². The second kappa shape index (κ2) is 5.65. The van der Waals surface area contributed by atoms with Gasteiger partial charge in [0.15, 0.2) is 5.82 Å². The van der Waals surface area contributed by atoms with E-state index in [0.717, 1.165) is 31.9 Å². The molecule has 2 rings (SSSR count). The Morgan fingerprint density at radius 1 is 1.63 bits per heavy atom. The second-order valence-electron chi connectivity index (χ2n) is 5.45. The van der Waals surface area contributed by atoms with Crippen LogP contribution < -0.4 is 5.32 Å². The summed E-state index contributed by atoms with van der Waals surface area (Å²) in [5, 5.41) is 12.7. The zero-order chi connectivity index (χ0) is 13.9. The summed E-state index contributed by atoms with van der Waals surface area (Å²) in [4.78, 5) is 15.5. The summed E-state index contributed by atoms with van der Waals surface area (Å²) >= 11 is 0. The van der Waals surface area contributed by atoms with Gasteiger partial charge in [0.25, 0.3) is 5.91 Å². The molecule has 0 saturated heterocycles. The number of nitrogens with zero attached hydrogens (tertiary/aromatic N) is 1. The van der Waals surface area contributed by atoms with Crippen LogP contribution in [-0.4, -0.2) is 28.6 Å². The molecule has 2 atom stereocenters. The number of amides is 1. The molecular formula is C14H19FN2O2. The molecule has 0 spiro atoms. The number of aliphatic hydroxyl groups is 1. The number of carbonyl (C=O) groups excluding carboxylic acids is 1. The fourth-order valence-electron chi connectivity index (χ4n) is 2.52. The summed E-state index contributed by atoms with van der Waals surface area (Å²) in [6.45, 7) is 2.31. The molecule has 2 N–H and O–H groups in total. The summed E-state index contributed by atoms with van der Waals surface area (Å²) in [5.74, 6) is -1.09. The maximum atomic E-state index is 13.4. The Morgan fingerprint density at radius 2 is 2.42 bits per heavy atom. The van der Waals surface area contributed by atoms with Gasteiger partial charge in [-0.05, 0) is 18.9 Å². The Morgan fingerprint density at radius 3 is 3.11 bits per heavy atom. The largest absolute Gasteiger partial charge is 0.392 e. The minimum atomic E-state index is -0.630. The first-order valence-corrected chi connectivity index (χ1v) is 6.59. The highest BCUT2D eigenvalue weighted by atomic mass is 19.1. The number of carbonyl (C=O) groups is 1. The number of halogens is 1. The van der Waals surface area contributed by atoms with Gasteiger partial charge in [0.05, 0.1) is 17.9 Å². The normalized spacial score (nSPS) is 27.0. The van der Waals surface area contributed by atoms with Gasteiger partial charge in [-0.3, -0.25) is 9.78 Å². The lowest BCUT2D eigenvalue weighted by atomic mass is 9.73. The van der Waals surface area contributed by atoms with Gasteiger partial charge in [-0.2, -0.15) is 0 Å². The minimum absolute atomic E-state index is 0.0103. The summed E-state index contributed by atoms with van der Waals surface area (Å²) in [6, 6.07) is 1.35. The van der Waals surface area contributed by atoms with E-state index in [4.69, 9.17) is 0 Å². The fourth-order valence-corrected chi connectivity index (χ4v) is 2.52. The first kappa shape index (κ1) is 13.9. The van der Waals surface area contributed by atoms with Crippen LogP contribution in [0.2, 0.25) is 0 Å². The van der Waals surface area contributed by atoms with Crippen LogP contribution in [0.25, 0.3) is 0 Å². The van der Waals surface area contributed by atoms with Crippen LogP contribution in [0, 0.1) is 11.2 Å². The summed E-state index contributed by atoms with van der Waals surface area (Å²) in [5.41, 5.74) is -0.332. The van der Waals surface area contributed by atoms with Crippen molar-refractivity contribution in [2.75, 3.05) is 6.54 Å². The third kappa shape index (κ3) is 3.10. The van der Waals surface area contributed by atoms with Crippen molar-refractivity contribution < 1.29 is 14.3 Å². The van der Waals surface area contributed by atoms with Crippen LogP contribution in [-0.2, 0) is 0 Å². The molecule has 1 fully saturated rings. The van der Waals surface area contributed by atoms with Crippen LogP contribution >= 0.6 is 0 Å². The van der Waals surface area contributed by atoms with Crippen molar-refractivity contribution in [2.45, 2.75) is 38.7 Å². The third-order valence-corrected chi connectivity index (χ3v) is 3.95. The highest BCUT2D eigenvalue weighted by Gasteiger charge is 2.35. The number of aliphatic hydroxyl groups excluding tert-OH is 1. The molecule has 1 aromatic rings. The second-order valence-corrected chi connectivity index (χ2v) is 5.45. The lowest BCUT2D eigenvalue weighted by molar-refractivity contribution is 0.00188. The van der Waals surface area contributed by atoms with Gasteiger partial charge >= 0.3 is 0 Å². The molecule has 19 heavy (non-hydrogen) atoms. The highest BCUT2D eigenvalue weighted by Crippen LogP contribution is 2.35. The summed E-state index contributed by atoms with van der Waals surface area (Å²) in [7, 11) is 0. The van der Waals surface area contributed by atoms with Crippen LogP contribution in [0.1, 0.15) is 43.0 Å². The standard InChI is InChI=1S/C14H19FN2O2/c1-14(6-3-2-4-12(14)18)9-17-13(19)10-5-7-16-8-11(10)15/h5,7-8,12,18H,2-4,6,9H2,1H3,(H,17,19)/t12-,14-/m1/s1. The molecule has 0 aliphatic heterocycles. The molecule has 1 aromatic heterocycles. The van der Waals surface area contributed by atoms with Gasteiger partial charge in [-0.1, -0.05) is 19.8 Å². The van der Waals surface area contributed by atoms with E-state index < -0.39 is 17.8 Å². The molecule has 0 bridgehead atoms. The molecule has 1 heterocycles. The van der Waals surface area contributed by atoms with Gasteiger partial charge < -0.3 is 10.4 Å². The quantitative estimate of drug-likeness (QED) is 0.878. The molecule has 1 amide bonds. The molecule has 0 unspecified atom stereocenters. The number of hydrogen-bond acceptors (Lipinski definition) is 3. The van der Waals surface area contributed by atoms with Gasteiger partial charge in [0.1, 0.15) is 0 Å². The van der Waals surface area contributed by atoms with Gasteiger partial charge in [0.2, 0.25) is 0 Å². The Bertz CT molecular complexity index is 467. The van der Waals surface area contributed by atoms with E-state index in [2.05, 4.69) is 10.3 Å². The van der Waals surface area contributed by atoms with Crippen molar-refractivity contribution in [3.05, 3.63) is 29.8 Å². The SMILES string of the molecule is C[C@]1(CNC(=O)c2ccncc2F)CCCC[C@H]1O. The number of pyridine rings is 1. The highest BCUT2D eigenvalue weighted by molar-refractivity contribution is 5.94. The molecular weight excluding hydrogens is 247 g/mol. The third-order valence-electron chi connectivity index (χ3n) is 3.95. The molecule has 1 aliphatic rings. The van der Waals surface area contributed by atoms with Crippen LogP contribution in [0.5, 0.6) is 0 Å². The summed E-state index contributed by atoms with van der Waals surface area (Å²) in [6.07, 6.45) is 5.69. The minimum Gasteiger partial charge on any atom is -0.392 e. The topological polar surface area (TPSA) is 62.2 Å². The number of nitrogens with one attached hydrogen (secondary N) is 1. The predicted molar refractivity (Wildman–Crippen MR) is 69.1 cm³/mol. The van der Waals surface area contributed by atoms with E-state index in [1.54, 1.807) is 0 Å². The number of rotatable bonds is 3. The van der Waals surface area contributed by atoms with E-state index in [9.17, 15) is 14.3 Å². The maximum Gasteiger partial charge on any atom is 0.254 e. The lowest BCUT2D eigenvalue weighted by Gasteiger charge is -2.38. The van der Waals surface area contributed by atoms with Crippen LogP contribution in [0.3, 0.4) is 0 Å². The molecule has 1 saturated carbocycles. The Kier molecular flexibility index (Phi) is 4.14. The van der Waals surface area contributed by atoms with E-state index in [1.165, 1.54) is 12.3 Å². The number of hydrogen-bond donors (Lipinski definition) is 2. The first-order chi connectivity index (χ1) is 9.03. The average Bonchev–Trinajstić information content (AvgIpc) is 2.40. The van der Waals surface area contributed by atoms with Crippen molar-refractivity contribution in [3.63, 3.8) is 0 Å². The number of aromatic nitrogens is 1. The Balaban J connectivity index is 1.99. The molecule has 5 heteroatoms. The molecule has 0 radical (unpaired) electrons. The zero-order valence-electron chi connectivity index (χ0n) is 11.0. The van der Waals surface area contributed by atoms with E-state index in [1.807, 2.05) is 6.92 Å². The van der Waals surface area contributed by atoms with E-state index in [0.29, 0.717) is 6.54 Å². The molecule has 4 nitrogen and oxygen atoms in total. The van der Waals surface area contributed by atoms with Crippen LogP contribution in [0.15, 0.2) is 18.5 Å². The smallest absolute Gasteiger partial charge is 0.254 e. The van der Waals surface area contributed by atoms with Gasteiger partial charge in [0, 0.05) is 18.2 Å². The maximum absolute atomic E-state index is 13.4. The van der Waals surface area contributed by atoms with Crippen molar-refractivity contribution in [1.82, 2.24) is 10.3 Å². The fraction of sp³-hybridized carbons (Fsp3) is 0.571. The lowest BCUT2D eigenvalue weighted by Crippen LogP contribution is -2.45. The summed E-state index contributed by atoms with van der Waals surface area (Å²) < 4.78 is 13.4. The van der Waals surface area contributed by atoms with Crippen molar-refractivity contribution in [1.29, 1.82) is 0 Å². The Hall–Kier alpha value is -1.49. The van der Waals surface area contributed by atoms with E-state index in [-0.39, 0.29) is 11.0 Å². The van der Waals surface area contributed by atoms with E-state index >= 15 is 0 Å².